The molecule has 0 aliphatic rings. The fourth-order valence-electron chi connectivity index (χ4n) is 1.26. The SMILES string of the molecule is O=C[C@@H](Cc1ccc(O)cc1)NC(=O)CF. The van der Waals surface area contributed by atoms with Crippen molar-refractivity contribution in [1.82, 2.24) is 5.32 Å². The zero-order chi connectivity index (χ0) is 12.0. The average molecular weight is 225 g/mol. The van der Waals surface area contributed by atoms with Crippen LogP contribution in [-0.4, -0.2) is 30.0 Å². The lowest BCUT2D eigenvalue weighted by Gasteiger charge is -2.11. The number of nitrogens with one attached hydrogen (secondary N) is 1. The Kier molecular flexibility index (Phi) is 4.44. The minimum absolute atomic E-state index is 0.124. The van der Waals surface area contributed by atoms with Gasteiger partial charge in [0.1, 0.15) is 12.0 Å². The van der Waals surface area contributed by atoms with Gasteiger partial charge in [0.25, 0.3) is 5.91 Å². The van der Waals surface area contributed by atoms with Crippen LogP contribution in [-0.2, 0) is 16.0 Å². The van der Waals surface area contributed by atoms with Crippen LogP contribution in [0.4, 0.5) is 4.39 Å². The number of rotatable bonds is 5. The zero-order valence-corrected chi connectivity index (χ0v) is 8.52. The van der Waals surface area contributed by atoms with Gasteiger partial charge in [0.05, 0.1) is 6.04 Å². The van der Waals surface area contributed by atoms with Crippen LogP contribution in [0, 0.1) is 0 Å². The molecule has 0 spiro atoms. The molecule has 86 valence electrons. The molecule has 2 N–H and O–H groups in total. The predicted octanol–water partition coefficient (Wildman–Crippen LogP) is 0.588. The van der Waals surface area contributed by atoms with E-state index in [-0.39, 0.29) is 12.2 Å². The third kappa shape index (κ3) is 3.68. The molecule has 0 radical (unpaired) electrons. The molecule has 0 heterocycles. The van der Waals surface area contributed by atoms with Crippen LogP contribution in [0.1, 0.15) is 5.56 Å². The molecule has 1 aromatic carbocycles. The molecule has 4 nitrogen and oxygen atoms in total. The number of phenols is 1. The lowest BCUT2D eigenvalue weighted by atomic mass is 10.1. The summed E-state index contributed by atoms with van der Waals surface area (Å²) >= 11 is 0. The van der Waals surface area contributed by atoms with Gasteiger partial charge in [0.2, 0.25) is 0 Å². The second-order valence-corrected chi connectivity index (χ2v) is 3.31. The fraction of sp³-hybridized carbons (Fsp3) is 0.273. The fourth-order valence-corrected chi connectivity index (χ4v) is 1.26. The third-order valence-electron chi connectivity index (χ3n) is 2.02. The number of aromatic hydroxyl groups is 1. The summed E-state index contributed by atoms with van der Waals surface area (Å²) in [5, 5.41) is 11.3. The van der Waals surface area contributed by atoms with Gasteiger partial charge in [-0.05, 0) is 24.1 Å². The summed E-state index contributed by atoms with van der Waals surface area (Å²) in [6.07, 6.45) is 0.829. The molecule has 0 saturated carbocycles. The Hall–Kier alpha value is -1.91. The quantitative estimate of drug-likeness (QED) is 0.721. The Bertz CT molecular complexity index is 364. The smallest absolute Gasteiger partial charge is 0.251 e. The van der Waals surface area contributed by atoms with Crippen molar-refractivity contribution in [2.75, 3.05) is 6.67 Å². The molecule has 1 amide bonds. The van der Waals surface area contributed by atoms with Crippen molar-refractivity contribution < 1.29 is 19.1 Å². The first-order chi connectivity index (χ1) is 7.65. The van der Waals surface area contributed by atoms with Crippen LogP contribution >= 0.6 is 0 Å². The van der Waals surface area contributed by atoms with Crippen LogP contribution in [0.3, 0.4) is 0 Å². The second kappa shape index (κ2) is 5.85. The molecule has 1 rings (SSSR count). The van der Waals surface area contributed by atoms with Gasteiger partial charge >= 0.3 is 0 Å². The summed E-state index contributed by atoms with van der Waals surface area (Å²) in [6.45, 7) is -1.14. The van der Waals surface area contributed by atoms with Gasteiger partial charge in [-0.1, -0.05) is 12.1 Å². The van der Waals surface area contributed by atoms with E-state index < -0.39 is 18.6 Å². The molecule has 1 aromatic rings. The molecule has 0 unspecified atom stereocenters. The van der Waals surface area contributed by atoms with Crippen LogP contribution in [0.2, 0.25) is 0 Å². The van der Waals surface area contributed by atoms with Crippen LogP contribution in [0.25, 0.3) is 0 Å². The lowest BCUT2D eigenvalue weighted by molar-refractivity contribution is -0.124. The van der Waals surface area contributed by atoms with E-state index >= 15 is 0 Å². The molecule has 1 atom stereocenters. The summed E-state index contributed by atoms with van der Waals surface area (Å²) in [4.78, 5) is 21.4. The number of hydrogen-bond acceptors (Lipinski definition) is 3. The Labute approximate surface area is 92.1 Å². The number of aldehydes is 1. The number of halogens is 1. The van der Waals surface area contributed by atoms with E-state index in [4.69, 9.17) is 5.11 Å². The van der Waals surface area contributed by atoms with Crippen LogP contribution in [0.5, 0.6) is 5.75 Å². The molecular formula is C11H12FNO3. The van der Waals surface area contributed by atoms with Crippen molar-refractivity contribution in [3.63, 3.8) is 0 Å². The molecule has 0 aromatic heterocycles. The minimum atomic E-state index is -1.14. The maximum absolute atomic E-state index is 11.9. The number of carbonyl (C=O) groups is 2. The first-order valence-electron chi connectivity index (χ1n) is 4.74. The van der Waals surface area contributed by atoms with Crippen molar-refractivity contribution in [1.29, 1.82) is 0 Å². The highest BCUT2D eigenvalue weighted by Crippen LogP contribution is 2.10. The van der Waals surface area contributed by atoms with Crippen molar-refractivity contribution in [3.05, 3.63) is 29.8 Å². The van der Waals surface area contributed by atoms with E-state index in [9.17, 15) is 14.0 Å². The zero-order valence-electron chi connectivity index (χ0n) is 8.52. The first-order valence-corrected chi connectivity index (χ1v) is 4.74. The Morgan fingerprint density at radius 3 is 2.56 bits per heavy atom. The van der Waals surface area contributed by atoms with E-state index in [1.165, 1.54) is 12.1 Å². The standard InChI is InChI=1S/C11H12FNO3/c12-6-11(16)13-9(7-14)5-8-1-3-10(15)4-2-8/h1-4,7,9,15H,5-6H2,(H,13,16)/t9-/m1/s1. The first kappa shape index (κ1) is 12.2. The van der Waals surface area contributed by atoms with Gasteiger partial charge in [-0.15, -0.1) is 0 Å². The molecule has 0 saturated heterocycles. The topological polar surface area (TPSA) is 66.4 Å². The van der Waals surface area contributed by atoms with Crippen molar-refractivity contribution in [3.8, 4) is 5.75 Å². The number of amides is 1. The van der Waals surface area contributed by atoms with Crippen molar-refractivity contribution in [2.45, 2.75) is 12.5 Å². The Morgan fingerprint density at radius 1 is 1.44 bits per heavy atom. The maximum Gasteiger partial charge on any atom is 0.251 e. The van der Waals surface area contributed by atoms with Crippen molar-refractivity contribution >= 4 is 12.2 Å². The number of alkyl halides is 1. The van der Waals surface area contributed by atoms with Gasteiger partial charge in [0, 0.05) is 0 Å². The van der Waals surface area contributed by atoms with Gasteiger partial charge in [-0.3, -0.25) is 4.79 Å². The lowest BCUT2D eigenvalue weighted by Crippen LogP contribution is -2.38. The monoisotopic (exact) mass is 225 g/mol. The Balaban J connectivity index is 2.59. The molecule has 16 heavy (non-hydrogen) atoms. The third-order valence-corrected chi connectivity index (χ3v) is 2.02. The van der Waals surface area contributed by atoms with Gasteiger partial charge < -0.3 is 15.2 Å². The van der Waals surface area contributed by atoms with E-state index in [1.54, 1.807) is 12.1 Å². The molecule has 5 heteroatoms. The number of carbonyl (C=O) groups excluding carboxylic acids is 2. The highest BCUT2D eigenvalue weighted by Gasteiger charge is 2.11. The highest BCUT2D eigenvalue weighted by atomic mass is 19.1. The van der Waals surface area contributed by atoms with E-state index in [1.807, 2.05) is 0 Å². The van der Waals surface area contributed by atoms with Crippen molar-refractivity contribution in [2.24, 2.45) is 0 Å². The molecule has 0 aliphatic carbocycles. The highest BCUT2D eigenvalue weighted by molar-refractivity contribution is 5.80. The summed E-state index contributed by atoms with van der Waals surface area (Å²) in [5.41, 5.74) is 0.772. The van der Waals surface area contributed by atoms with Gasteiger partial charge in [-0.25, -0.2) is 4.39 Å². The average Bonchev–Trinajstić information content (AvgIpc) is 2.30. The van der Waals surface area contributed by atoms with E-state index in [2.05, 4.69) is 5.32 Å². The molecule has 0 bridgehead atoms. The Morgan fingerprint density at radius 2 is 2.06 bits per heavy atom. The maximum atomic E-state index is 11.9. The number of hydrogen-bond donors (Lipinski definition) is 2. The summed E-state index contributed by atoms with van der Waals surface area (Å²) in [5.74, 6) is -0.685. The van der Waals surface area contributed by atoms with Gasteiger partial charge in [-0.2, -0.15) is 0 Å². The number of benzene rings is 1. The molecule has 0 fully saturated rings. The summed E-state index contributed by atoms with van der Waals surface area (Å²) in [6, 6.07) is 5.48. The minimum Gasteiger partial charge on any atom is -0.508 e. The van der Waals surface area contributed by atoms with Gasteiger partial charge in [0.15, 0.2) is 6.67 Å². The summed E-state index contributed by atoms with van der Waals surface area (Å²) in [7, 11) is 0. The second-order valence-electron chi connectivity index (χ2n) is 3.31. The molecule has 0 aliphatic heterocycles. The normalized spacial score (nSPS) is 11.8. The number of phenolic OH excluding ortho intramolecular Hbond substituents is 1. The van der Waals surface area contributed by atoms with Crippen LogP contribution < -0.4 is 5.32 Å². The largest absolute Gasteiger partial charge is 0.508 e. The summed E-state index contributed by atoms with van der Waals surface area (Å²) < 4.78 is 11.9. The van der Waals surface area contributed by atoms with E-state index in [0.29, 0.717) is 6.29 Å². The predicted molar refractivity (Wildman–Crippen MR) is 55.8 cm³/mol. The van der Waals surface area contributed by atoms with Crippen LogP contribution in [0.15, 0.2) is 24.3 Å². The van der Waals surface area contributed by atoms with E-state index in [0.717, 1.165) is 5.56 Å². The molecular weight excluding hydrogens is 213 g/mol.